The third kappa shape index (κ3) is 11.3. The van der Waals surface area contributed by atoms with Crippen molar-refractivity contribution in [1.82, 2.24) is 5.32 Å². The molecule has 11 nitrogen and oxygen atoms in total. The molecule has 0 aliphatic heterocycles. The van der Waals surface area contributed by atoms with Gasteiger partial charge in [0.2, 0.25) is 5.96 Å². The maximum Gasteiger partial charge on any atom is 0.421 e. The van der Waals surface area contributed by atoms with Crippen LogP contribution in [0.4, 0.5) is 15.3 Å². The third-order valence-electron chi connectivity index (χ3n) is 5.57. The van der Waals surface area contributed by atoms with Crippen LogP contribution < -0.4 is 15.0 Å². The van der Waals surface area contributed by atoms with Crippen molar-refractivity contribution in [2.75, 3.05) is 4.90 Å². The number of amides is 2. The Balaban J connectivity index is 1.68. The van der Waals surface area contributed by atoms with Gasteiger partial charge in [0.15, 0.2) is 0 Å². The maximum atomic E-state index is 13.0. The van der Waals surface area contributed by atoms with E-state index in [9.17, 15) is 19.2 Å². The minimum Gasteiger partial charge on any atom is -0.461 e. The molecular weight excluding hydrogens is 602 g/mol. The number of esters is 2. The van der Waals surface area contributed by atoms with Gasteiger partial charge in [-0.3, -0.25) is 15.5 Å². The summed E-state index contributed by atoms with van der Waals surface area (Å²) in [5, 5.41) is 10.7. The molecule has 0 heterocycles. The normalized spacial score (nSPS) is 11.2. The van der Waals surface area contributed by atoms with Crippen molar-refractivity contribution in [1.29, 1.82) is 5.41 Å². The molecule has 0 saturated carbocycles. The zero-order valence-electron chi connectivity index (χ0n) is 25.9. The zero-order valence-corrected chi connectivity index (χ0v) is 26.7. The molecule has 0 aliphatic rings. The first-order chi connectivity index (χ1) is 21.0. The van der Waals surface area contributed by atoms with Crippen LogP contribution in [0.3, 0.4) is 0 Å². The number of anilines is 1. The number of benzene rings is 3. The number of carbonyl (C=O) groups excluding carboxylic acids is 4. The molecule has 0 fully saturated rings. The lowest BCUT2D eigenvalue weighted by Crippen LogP contribution is -2.49. The first-order valence-corrected chi connectivity index (χ1v) is 14.3. The van der Waals surface area contributed by atoms with Crippen molar-refractivity contribution in [2.45, 2.75) is 65.8 Å². The molecule has 0 aliphatic carbocycles. The van der Waals surface area contributed by atoms with Gasteiger partial charge in [0.05, 0.1) is 22.7 Å². The van der Waals surface area contributed by atoms with E-state index in [-0.39, 0.29) is 35.1 Å². The second kappa shape index (κ2) is 14.7. The van der Waals surface area contributed by atoms with E-state index in [4.69, 9.17) is 36.0 Å². The summed E-state index contributed by atoms with van der Waals surface area (Å²) in [7, 11) is 0. The zero-order chi connectivity index (χ0) is 33.4. The first-order valence-electron chi connectivity index (χ1n) is 13.9. The van der Waals surface area contributed by atoms with Crippen molar-refractivity contribution in [3.05, 3.63) is 94.5 Å². The molecule has 2 N–H and O–H groups in total. The molecule has 3 rings (SSSR count). The van der Waals surface area contributed by atoms with Gasteiger partial charge in [-0.05, 0) is 89.1 Å². The summed E-state index contributed by atoms with van der Waals surface area (Å²) in [6, 6.07) is 19.4. The number of carbonyl (C=O) groups is 4. The van der Waals surface area contributed by atoms with E-state index in [2.05, 4.69) is 5.32 Å². The number of halogens is 1. The van der Waals surface area contributed by atoms with Crippen LogP contribution in [-0.2, 0) is 32.0 Å². The average Bonchev–Trinajstić information content (AvgIpc) is 2.92. The smallest absolute Gasteiger partial charge is 0.421 e. The fourth-order valence-electron chi connectivity index (χ4n) is 3.69. The molecule has 2 amide bonds. The Labute approximate surface area is 266 Å². The van der Waals surface area contributed by atoms with Gasteiger partial charge in [-0.25, -0.2) is 19.3 Å². The molecule has 3 aromatic rings. The molecule has 12 heteroatoms. The molecule has 0 bridgehead atoms. The number of hydrogen-bond donors (Lipinski definition) is 2. The average molecular weight is 638 g/mol. The maximum absolute atomic E-state index is 13.0. The highest BCUT2D eigenvalue weighted by Crippen LogP contribution is 2.27. The fraction of sp³-hybridized carbons (Fsp3) is 0.303. The van der Waals surface area contributed by atoms with E-state index in [0.717, 1.165) is 10.5 Å². The largest absolute Gasteiger partial charge is 0.461 e. The van der Waals surface area contributed by atoms with Gasteiger partial charge < -0.3 is 18.9 Å². The topological polar surface area (TPSA) is 144 Å². The number of nitrogens with zero attached hydrogens (tertiary/aromatic N) is 1. The Bertz CT molecular complexity index is 1540. The van der Waals surface area contributed by atoms with E-state index in [1.54, 1.807) is 47.6 Å². The van der Waals surface area contributed by atoms with Crippen molar-refractivity contribution in [3.63, 3.8) is 0 Å². The van der Waals surface area contributed by atoms with Crippen LogP contribution in [0.25, 0.3) is 0 Å². The predicted octanol–water partition coefficient (Wildman–Crippen LogP) is 7.05. The number of ether oxygens (including phenoxy) is 4. The predicted molar refractivity (Wildman–Crippen MR) is 169 cm³/mol. The first kappa shape index (κ1) is 34.6. The molecular formula is C33H36ClN3O8. The van der Waals surface area contributed by atoms with Crippen molar-refractivity contribution >= 4 is 47.4 Å². The Hall–Kier alpha value is -4.90. The Morgan fingerprint density at radius 3 is 2.02 bits per heavy atom. The lowest BCUT2D eigenvalue weighted by atomic mass is 10.1. The standard InChI is InChI=1S/C33H36ClN3O8/c1-32(2,3)44-30(40)36-29(35)37(31(41)45-33(4,5)6)24-15-13-23(14-16-24)28(39)43-26-17-12-22(18-25(26)34)19-27(38)42-20-21-10-8-7-9-11-21/h7-18H,19-20H2,1-6H3,(H2,35,36,40). The lowest BCUT2D eigenvalue weighted by Gasteiger charge is -2.28. The molecule has 0 aromatic heterocycles. The number of alkyl carbamates (subject to hydrolysis) is 1. The summed E-state index contributed by atoms with van der Waals surface area (Å²) >= 11 is 6.33. The summed E-state index contributed by atoms with van der Waals surface area (Å²) in [6.45, 7) is 10.1. The van der Waals surface area contributed by atoms with Crippen LogP contribution in [0.2, 0.25) is 5.02 Å². The van der Waals surface area contributed by atoms with Crippen molar-refractivity contribution in [3.8, 4) is 5.75 Å². The summed E-state index contributed by atoms with van der Waals surface area (Å²) < 4.78 is 21.3. The minimum absolute atomic E-state index is 0.0197. The van der Waals surface area contributed by atoms with Crippen LogP contribution in [0.15, 0.2) is 72.8 Å². The fourth-order valence-corrected chi connectivity index (χ4v) is 3.93. The second-order valence-corrected chi connectivity index (χ2v) is 12.2. The van der Waals surface area contributed by atoms with Gasteiger partial charge in [-0.2, -0.15) is 0 Å². The number of rotatable bonds is 7. The van der Waals surface area contributed by atoms with Crippen molar-refractivity contribution < 1.29 is 38.1 Å². The Kier molecular flexibility index (Phi) is 11.3. The molecule has 238 valence electrons. The van der Waals surface area contributed by atoms with Crippen molar-refractivity contribution in [2.24, 2.45) is 0 Å². The molecule has 0 radical (unpaired) electrons. The molecule has 0 unspecified atom stereocenters. The van der Waals surface area contributed by atoms with Crippen LogP contribution in [0.5, 0.6) is 5.75 Å². The lowest BCUT2D eigenvalue weighted by molar-refractivity contribution is -0.144. The number of guanidine groups is 1. The molecule has 0 spiro atoms. The van der Waals surface area contributed by atoms with Gasteiger partial charge >= 0.3 is 24.1 Å². The van der Waals surface area contributed by atoms with E-state index in [0.29, 0.717) is 5.56 Å². The monoisotopic (exact) mass is 637 g/mol. The highest BCUT2D eigenvalue weighted by molar-refractivity contribution is 6.32. The highest BCUT2D eigenvalue weighted by atomic mass is 35.5. The van der Waals surface area contributed by atoms with Gasteiger partial charge in [-0.15, -0.1) is 0 Å². The molecule has 3 aromatic carbocycles. The molecule has 0 atom stereocenters. The SMILES string of the molecule is CC(C)(C)OC(=O)NC(=N)N(C(=O)OC(C)(C)C)c1ccc(C(=O)Oc2ccc(CC(=O)OCc3ccccc3)cc2Cl)cc1. The van der Waals surface area contributed by atoms with Gasteiger partial charge in [-0.1, -0.05) is 48.0 Å². The van der Waals surface area contributed by atoms with Crippen LogP contribution >= 0.6 is 11.6 Å². The van der Waals surface area contributed by atoms with E-state index < -0.39 is 41.3 Å². The Morgan fingerprint density at radius 2 is 1.44 bits per heavy atom. The van der Waals surface area contributed by atoms with E-state index in [1.165, 1.54) is 36.4 Å². The van der Waals surface area contributed by atoms with Crippen LogP contribution in [0, 0.1) is 5.41 Å². The number of hydrogen-bond acceptors (Lipinski definition) is 9. The van der Waals surface area contributed by atoms with Crippen LogP contribution in [0.1, 0.15) is 63.0 Å². The van der Waals surface area contributed by atoms with Gasteiger partial charge in [0.1, 0.15) is 23.6 Å². The van der Waals surface area contributed by atoms with Crippen LogP contribution in [-0.4, -0.2) is 41.3 Å². The van der Waals surface area contributed by atoms with E-state index >= 15 is 0 Å². The summed E-state index contributed by atoms with van der Waals surface area (Å²) in [5.41, 5.74) is -0.0506. The second-order valence-electron chi connectivity index (χ2n) is 11.8. The van der Waals surface area contributed by atoms with Gasteiger partial charge in [0, 0.05) is 0 Å². The minimum atomic E-state index is -0.937. The quantitative estimate of drug-likeness (QED) is 0.0922. The highest BCUT2D eigenvalue weighted by Gasteiger charge is 2.29. The van der Waals surface area contributed by atoms with Gasteiger partial charge in [0.25, 0.3) is 0 Å². The summed E-state index contributed by atoms with van der Waals surface area (Å²) in [4.78, 5) is 51.2. The number of nitrogens with one attached hydrogen (secondary N) is 2. The third-order valence-corrected chi connectivity index (χ3v) is 5.87. The molecule has 45 heavy (non-hydrogen) atoms. The molecule has 0 saturated heterocycles. The summed E-state index contributed by atoms with van der Waals surface area (Å²) in [5.74, 6) is -1.73. The Morgan fingerprint density at radius 1 is 0.822 bits per heavy atom. The van der Waals surface area contributed by atoms with E-state index in [1.807, 2.05) is 30.3 Å². The summed E-state index contributed by atoms with van der Waals surface area (Å²) in [6.07, 6.45) is -1.89.